The van der Waals surface area contributed by atoms with E-state index in [1.54, 1.807) is 40.4 Å². The standard InChI is InChI=1S/C22H19N3O2S/c26-22(18-8-4-9-19(14-18)27-16-20-10-5-13-28-20)24-21-11-12-23-25(21)15-17-6-2-1-3-7-17/h1-14H,15-16H2,(H,24,26). The number of benzene rings is 2. The smallest absolute Gasteiger partial charge is 0.256 e. The molecule has 0 spiro atoms. The lowest BCUT2D eigenvalue weighted by molar-refractivity contribution is 0.102. The maximum atomic E-state index is 12.7. The van der Waals surface area contributed by atoms with Crippen LogP contribution in [0.5, 0.6) is 5.75 Å². The molecule has 1 amide bonds. The summed E-state index contributed by atoms with van der Waals surface area (Å²) < 4.78 is 7.56. The van der Waals surface area contributed by atoms with Crippen LogP contribution in [0.2, 0.25) is 0 Å². The fourth-order valence-electron chi connectivity index (χ4n) is 2.79. The number of amides is 1. The summed E-state index contributed by atoms with van der Waals surface area (Å²) in [6, 6.07) is 23.0. The first-order chi connectivity index (χ1) is 13.8. The molecule has 2 aromatic heterocycles. The summed E-state index contributed by atoms with van der Waals surface area (Å²) in [6.45, 7) is 1.08. The molecule has 0 aliphatic carbocycles. The Morgan fingerprint density at radius 2 is 1.93 bits per heavy atom. The van der Waals surface area contributed by atoms with Gasteiger partial charge in [-0.1, -0.05) is 42.5 Å². The van der Waals surface area contributed by atoms with Crippen LogP contribution in [0.3, 0.4) is 0 Å². The molecule has 2 heterocycles. The zero-order valence-corrected chi connectivity index (χ0v) is 15.9. The quantitative estimate of drug-likeness (QED) is 0.493. The molecule has 0 fully saturated rings. The van der Waals surface area contributed by atoms with E-state index in [9.17, 15) is 4.79 Å². The predicted octanol–water partition coefficient (Wildman–Crippen LogP) is 4.82. The number of rotatable bonds is 7. The summed E-state index contributed by atoms with van der Waals surface area (Å²) in [5.74, 6) is 1.12. The Hall–Kier alpha value is -3.38. The van der Waals surface area contributed by atoms with Gasteiger partial charge in [-0.25, -0.2) is 4.68 Å². The van der Waals surface area contributed by atoms with Crippen LogP contribution >= 0.6 is 11.3 Å². The van der Waals surface area contributed by atoms with E-state index in [1.807, 2.05) is 60.0 Å². The van der Waals surface area contributed by atoms with Gasteiger partial charge >= 0.3 is 0 Å². The minimum atomic E-state index is -0.198. The number of aromatic nitrogens is 2. The van der Waals surface area contributed by atoms with Crippen LogP contribution in [-0.2, 0) is 13.2 Å². The van der Waals surface area contributed by atoms with Crippen molar-refractivity contribution < 1.29 is 9.53 Å². The number of ether oxygens (including phenoxy) is 1. The number of hydrogen-bond donors (Lipinski definition) is 1. The number of hydrogen-bond acceptors (Lipinski definition) is 4. The molecule has 1 N–H and O–H groups in total. The third-order valence-electron chi connectivity index (χ3n) is 4.19. The molecule has 0 aliphatic rings. The number of carbonyl (C=O) groups is 1. The molecular formula is C22H19N3O2S. The number of thiophene rings is 1. The van der Waals surface area contributed by atoms with Crippen LogP contribution in [0.15, 0.2) is 84.4 Å². The molecule has 6 heteroatoms. The molecule has 0 radical (unpaired) electrons. The fourth-order valence-corrected chi connectivity index (χ4v) is 3.40. The van der Waals surface area contributed by atoms with Gasteiger partial charge in [0.05, 0.1) is 12.7 Å². The molecule has 28 heavy (non-hydrogen) atoms. The van der Waals surface area contributed by atoms with Crippen LogP contribution < -0.4 is 10.1 Å². The summed E-state index contributed by atoms with van der Waals surface area (Å²) >= 11 is 1.64. The Morgan fingerprint density at radius 3 is 2.75 bits per heavy atom. The normalized spacial score (nSPS) is 10.6. The van der Waals surface area contributed by atoms with Crippen molar-refractivity contribution in [2.24, 2.45) is 0 Å². The highest BCUT2D eigenvalue weighted by Crippen LogP contribution is 2.18. The second-order valence-corrected chi connectivity index (χ2v) is 7.24. The van der Waals surface area contributed by atoms with Crippen molar-refractivity contribution in [3.63, 3.8) is 0 Å². The van der Waals surface area contributed by atoms with Crippen molar-refractivity contribution in [2.45, 2.75) is 13.2 Å². The number of anilines is 1. The van der Waals surface area contributed by atoms with Crippen molar-refractivity contribution in [1.29, 1.82) is 0 Å². The number of carbonyl (C=O) groups excluding carboxylic acids is 1. The van der Waals surface area contributed by atoms with Crippen LogP contribution in [0.4, 0.5) is 5.82 Å². The van der Waals surface area contributed by atoms with Gasteiger partial charge in [0, 0.05) is 16.5 Å². The molecule has 4 rings (SSSR count). The van der Waals surface area contributed by atoms with Gasteiger partial charge in [0.15, 0.2) is 0 Å². The van der Waals surface area contributed by atoms with Gasteiger partial charge in [-0.2, -0.15) is 5.10 Å². The van der Waals surface area contributed by atoms with Gasteiger partial charge in [-0.05, 0) is 35.2 Å². The average molecular weight is 389 g/mol. The topological polar surface area (TPSA) is 56.2 Å². The highest BCUT2D eigenvalue weighted by Gasteiger charge is 2.11. The summed E-state index contributed by atoms with van der Waals surface area (Å²) in [5.41, 5.74) is 1.65. The minimum absolute atomic E-state index is 0.198. The second-order valence-electron chi connectivity index (χ2n) is 6.21. The lowest BCUT2D eigenvalue weighted by Gasteiger charge is -2.10. The van der Waals surface area contributed by atoms with E-state index < -0.39 is 0 Å². The first kappa shape index (κ1) is 18.0. The average Bonchev–Trinajstić information content (AvgIpc) is 3.40. The SMILES string of the molecule is O=C(Nc1ccnn1Cc1ccccc1)c1cccc(OCc2cccs2)c1. The summed E-state index contributed by atoms with van der Waals surface area (Å²) in [6.07, 6.45) is 1.68. The molecule has 0 atom stereocenters. The summed E-state index contributed by atoms with van der Waals surface area (Å²) in [5, 5.41) is 9.26. The van der Waals surface area contributed by atoms with Gasteiger partial charge in [0.25, 0.3) is 5.91 Å². The Morgan fingerprint density at radius 1 is 1.04 bits per heavy atom. The van der Waals surface area contributed by atoms with Gasteiger partial charge in [-0.3, -0.25) is 4.79 Å². The fraction of sp³-hybridized carbons (Fsp3) is 0.0909. The number of nitrogens with one attached hydrogen (secondary N) is 1. The Bertz CT molecular complexity index is 1040. The van der Waals surface area contributed by atoms with Crippen molar-refractivity contribution in [3.05, 3.63) is 100 Å². The lowest BCUT2D eigenvalue weighted by atomic mass is 10.2. The van der Waals surface area contributed by atoms with Crippen LogP contribution in [-0.4, -0.2) is 15.7 Å². The van der Waals surface area contributed by atoms with Crippen molar-refractivity contribution in [3.8, 4) is 5.75 Å². The second kappa shape index (κ2) is 8.54. The largest absolute Gasteiger partial charge is 0.488 e. The zero-order valence-electron chi connectivity index (χ0n) is 15.1. The van der Waals surface area contributed by atoms with Gasteiger partial charge < -0.3 is 10.1 Å². The van der Waals surface area contributed by atoms with E-state index >= 15 is 0 Å². The van der Waals surface area contributed by atoms with Gasteiger partial charge in [-0.15, -0.1) is 11.3 Å². The highest BCUT2D eigenvalue weighted by atomic mass is 32.1. The molecule has 0 saturated heterocycles. The molecule has 0 saturated carbocycles. The van der Waals surface area contributed by atoms with E-state index in [1.165, 1.54) is 0 Å². The predicted molar refractivity (Wildman–Crippen MR) is 111 cm³/mol. The molecule has 0 unspecified atom stereocenters. The van der Waals surface area contributed by atoms with E-state index in [0.717, 1.165) is 10.4 Å². The number of nitrogens with zero attached hydrogens (tertiary/aromatic N) is 2. The maximum absolute atomic E-state index is 12.7. The van der Waals surface area contributed by atoms with E-state index in [0.29, 0.717) is 30.3 Å². The van der Waals surface area contributed by atoms with Crippen molar-refractivity contribution in [2.75, 3.05) is 5.32 Å². The third-order valence-corrected chi connectivity index (χ3v) is 5.04. The van der Waals surface area contributed by atoms with Crippen molar-refractivity contribution in [1.82, 2.24) is 9.78 Å². The van der Waals surface area contributed by atoms with Crippen LogP contribution in [0.25, 0.3) is 0 Å². The van der Waals surface area contributed by atoms with Gasteiger partial charge in [0.2, 0.25) is 0 Å². The van der Waals surface area contributed by atoms with E-state index in [2.05, 4.69) is 10.4 Å². The Labute approximate surface area is 167 Å². The van der Waals surface area contributed by atoms with E-state index in [4.69, 9.17) is 4.74 Å². The Kier molecular flexibility index (Phi) is 5.49. The maximum Gasteiger partial charge on any atom is 0.256 e. The molecule has 140 valence electrons. The van der Waals surface area contributed by atoms with Crippen LogP contribution in [0.1, 0.15) is 20.8 Å². The Balaban J connectivity index is 1.43. The third kappa shape index (κ3) is 4.47. The molecule has 4 aromatic rings. The van der Waals surface area contributed by atoms with Gasteiger partial charge in [0.1, 0.15) is 18.2 Å². The van der Waals surface area contributed by atoms with E-state index in [-0.39, 0.29) is 5.91 Å². The summed E-state index contributed by atoms with van der Waals surface area (Å²) in [4.78, 5) is 13.8. The highest BCUT2D eigenvalue weighted by molar-refractivity contribution is 7.09. The molecule has 0 aliphatic heterocycles. The molecule has 2 aromatic carbocycles. The molecule has 5 nitrogen and oxygen atoms in total. The van der Waals surface area contributed by atoms with Crippen LogP contribution in [0, 0.1) is 0 Å². The minimum Gasteiger partial charge on any atom is -0.488 e. The first-order valence-corrected chi connectivity index (χ1v) is 9.78. The molecular weight excluding hydrogens is 370 g/mol. The van der Waals surface area contributed by atoms with Crippen molar-refractivity contribution >= 4 is 23.1 Å². The first-order valence-electron chi connectivity index (χ1n) is 8.90. The molecule has 0 bridgehead atoms. The zero-order chi connectivity index (χ0) is 19.2. The summed E-state index contributed by atoms with van der Waals surface area (Å²) in [7, 11) is 0. The lowest BCUT2D eigenvalue weighted by Crippen LogP contribution is -2.16. The monoisotopic (exact) mass is 389 g/mol.